The third-order valence-electron chi connectivity index (χ3n) is 4.28. The first-order valence-corrected chi connectivity index (χ1v) is 8.63. The number of amides is 2. The first kappa shape index (κ1) is 18.1. The van der Waals surface area contributed by atoms with Gasteiger partial charge in [0.2, 0.25) is 5.91 Å². The number of aryl methyl sites for hydroxylation is 1. The Morgan fingerprint density at radius 1 is 1.35 bits per heavy atom. The predicted octanol–water partition coefficient (Wildman–Crippen LogP) is 0.761. The summed E-state index contributed by atoms with van der Waals surface area (Å²) in [5.41, 5.74) is 0. The van der Waals surface area contributed by atoms with E-state index in [9.17, 15) is 9.59 Å². The Hall–Kier alpha value is -2.75. The zero-order chi connectivity index (χ0) is 18.5. The number of nitrogens with zero attached hydrogens (tertiary/aromatic N) is 4. The summed E-state index contributed by atoms with van der Waals surface area (Å²) in [5.74, 6) is 0.0682. The number of aromatic nitrogens is 3. The van der Waals surface area contributed by atoms with Crippen LogP contribution in [0.5, 0.6) is 0 Å². The highest BCUT2D eigenvalue weighted by molar-refractivity contribution is 5.91. The van der Waals surface area contributed by atoms with Crippen molar-refractivity contribution in [1.29, 1.82) is 0 Å². The summed E-state index contributed by atoms with van der Waals surface area (Å²) in [4.78, 5) is 30.4. The summed E-state index contributed by atoms with van der Waals surface area (Å²) in [6, 6.07) is 1.93. The number of nitrogens with one attached hydrogen (secondary N) is 2. The molecule has 0 saturated carbocycles. The van der Waals surface area contributed by atoms with E-state index >= 15 is 0 Å². The second-order valence-electron chi connectivity index (χ2n) is 6.20. The second kappa shape index (κ2) is 8.09. The van der Waals surface area contributed by atoms with E-state index < -0.39 is 5.91 Å². The maximum atomic E-state index is 12.1. The lowest BCUT2D eigenvalue weighted by Crippen LogP contribution is -2.40. The number of anilines is 1. The molecule has 1 atom stereocenters. The molecule has 0 radical (unpaired) electrons. The van der Waals surface area contributed by atoms with Crippen LogP contribution in [0.4, 0.5) is 5.82 Å². The minimum absolute atomic E-state index is 0.129. The van der Waals surface area contributed by atoms with Crippen molar-refractivity contribution >= 4 is 17.6 Å². The van der Waals surface area contributed by atoms with Crippen LogP contribution < -0.4 is 10.6 Å². The minimum Gasteiger partial charge on any atom is -0.360 e. The van der Waals surface area contributed by atoms with Gasteiger partial charge >= 0.3 is 11.8 Å². The molecule has 10 heteroatoms. The van der Waals surface area contributed by atoms with Gasteiger partial charge in [0.1, 0.15) is 5.76 Å². The number of likely N-dealkylation sites (N-methyl/N-ethyl adjacent to an activating group) is 1. The number of rotatable bonds is 7. The summed E-state index contributed by atoms with van der Waals surface area (Å²) in [5, 5.41) is 12.7. The van der Waals surface area contributed by atoms with E-state index in [0.717, 1.165) is 25.9 Å². The summed E-state index contributed by atoms with van der Waals surface area (Å²) in [7, 11) is 0. The molecule has 3 rings (SSSR count). The van der Waals surface area contributed by atoms with Crippen LogP contribution in [0.2, 0.25) is 0 Å². The van der Waals surface area contributed by atoms with Crippen molar-refractivity contribution in [2.24, 2.45) is 0 Å². The fourth-order valence-corrected chi connectivity index (χ4v) is 3.00. The lowest BCUT2D eigenvalue weighted by atomic mass is 10.2. The quantitative estimate of drug-likeness (QED) is 0.739. The van der Waals surface area contributed by atoms with E-state index in [1.54, 1.807) is 13.0 Å². The van der Waals surface area contributed by atoms with E-state index in [0.29, 0.717) is 24.2 Å². The average molecular weight is 362 g/mol. The van der Waals surface area contributed by atoms with Gasteiger partial charge in [0.25, 0.3) is 0 Å². The maximum absolute atomic E-state index is 12.1. The molecule has 1 unspecified atom stereocenters. The molecule has 3 heterocycles. The molecule has 2 aromatic heterocycles. The van der Waals surface area contributed by atoms with E-state index in [2.05, 4.69) is 37.8 Å². The molecule has 1 saturated heterocycles. The van der Waals surface area contributed by atoms with Crippen LogP contribution in [0.15, 0.2) is 15.1 Å². The van der Waals surface area contributed by atoms with Gasteiger partial charge in [-0.3, -0.25) is 14.5 Å². The third kappa shape index (κ3) is 4.45. The van der Waals surface area contributed by atoms with Crippen LogP contribution in [0.25, 0.3) is 0 Å². The highest BCUT2D eigenvalue weighted by atomic mass is 16.5. The zero-order valence-electron chi connectivity index (χ0n) is 14.8. The fourth-order valence-electron chi connectivity index (χ4n) is 3.00. The van der Waals surface area contributed by atoms with Crippen molar-refractivity contribution in [2.75, 3.05) is 25.0 Å². The molecular weight excluding hydrogens is 340 g/mol. The maximum Gasteiger partial charge on any atom is 0.315 e. The van der Waals surface area contributed by atoms with Gasteiger partial charge in [-0.05, 0) is 32.9 Å². The lowest BCUT2D eigenvalue weighted by molar-refractivity contribution is -0.115. The number of likely N-dealkylation sites (tertiary alicyclic amines) is 1. The summed E-state index contributed by atoms with van der Waals surface area (Å²) >= 11 is 0. The molecule has 2 aromatic rings. The Balaban J connectivity index is 1.49. The van der Waals surface area contributed by atoms with Crippen LogP contribution in [0, 0.1) is 6.92 Å². The van der Waals surface area contributed by atoms with Gasteiger partial charge in [-0.25, -0.2) is 0 Å². The minimum atomic E-state index is -0.431. The number of carbonyl (C=O) groups is 2. The number of carbonyl (C=O) groups excluding carboxylic acids is 2. The molecule has 140 valence electrons. The molecule has 1 aliphatic rings. The highest BCUT2D eigenvalue weighted by Gasteiger charge is 2.24. The first-order valence-electron chi connectivity index (χ1n) is 8.63. The summed E-state index contributed by atoms with van der Waals surface area (Å²) in [6.45, 7) is 6.39. The molecule has 1 fully saturated rings. The smallest absolute Gasteiger partial charge is 0.315 e. The second-order valence-corrected chi connectivity index (χ2v) is 6.20. The number of hydrogen-bond acceptors (Lipinski definition) is 8. The van der Waals surface area contributed by atoms with Crippen molar-refractivity contribution in [3.8, 4) is 0 Å². The normalized spacial score (nSPS) is 17.4. The average Bonchev–Trinajstić information content (AvgIpc) is 3.33. The van der Waals surface area contributed by atoms with E-state index in [1.165, 1.54) is 0 Å². The van der Waals surface area contributed by atoms with Gasteiger partial charge in [0, 0.05) is 18.7 Å². The molecule has 2 N–H and O–H groups in total. The molecule has 0 aliphatic carbocycles. The Morgan fingerprint density at radius 2 is 2.19 bits per heavy atom. The van der Waals surface area contributed by atoms with E-state index in [1.807, 2.05) is 0 Å². The highest BCUT2D eigenvalue weighted by Crippen LogP contribution is 2.15. The van der Waals surface area contributed by atoms with Gasteiger partial charge in [-0.1, -0.05) is 17.2 Å². The van der Waals surface area contributed by atoms with Crippen LogP contribution in [0.3, 0.4) is 0 Å². The number of hydrogen-bond donors (Lipinski definition) is 2. The van der Waals surface area contributed by atoms with Crippen molar-refractivity contribution in [1.82, 2.24) is 25.5 Å². The fraction of sp³-hybridized carbons (Fsp3) is 0.562. The van der Waals surface area contributed by atoms with Crippen LogP contribution in [-0.4, -0.2) is 57.7 Å². The Kier molecular flexibility index (Phi) is 5.61. The van der Waals surface area contributed by atoms with Crippen LogP contribution in [-0.2, 0) is 11.2 Å². The van der Waals surface area contributed by atoms with E-state index in [-0.39, 0.29) is 24.0 Å². The molecule has 0 spiro atoms. The van der Waals surface area contributed by atoms with Crippen LogP contribution in [0.1, 0.15) is 42.0 Å². The van der Waals surface area contributed by atoms with Crippen molar-refractivity contribution in [2.45, 2.75) is 39.2 Å². The summed E-state index contributed by atoms with van der Waals surface area (Å²) in [6.07, 6.45) is 2.07. The largest absolute Gasteiger partial charge is 0.360 e. The van der Waals surface area contributed by atoms with Crippen molar-refractivity contribution in [3.63, 3.8) is 0 Å². The van der Waals surface area contributed by atoms with Gasteiger partial charge in [0.15, 0.2) is 11.6 Å². The van der Waals surface area contributed by atoms with Gasteiger partial charge in [-0.15, -0.1) is 0 Å². The van der Waals surface area contributed by atoms with Crippen LogP contribution >= 0.6 is 0 Å². The van der Waals surface area contributed by atoms with E-state index in [4.69, 9.17) is 9.05 Å². The zero-order valence-corrected chi connectivity index (χ0v) is 14.8. The van der Waals surface area contributed by atoms with Gasteiger partial charge in [0.05, 0.1) is 6.42 Å². The first-order chi connectivity index (χ1) is 12.5. The van der Waals surface area contributed by atoms with Gasteiger partial charge in [-0.2, -0.15) is 4.98 Å². The lowest BCUT2D eigenvalue weighted by Gasteiger charge is -2.22. The third-order valence-corrected chi connectivity index (χ3v) is 4.28. The molecular formula is C16H22N6O4. The molecule has 10 nitrogen and oxygen atoms in total. The van der Waals surface area contributed by atoms with Crippen molar-refractivity contribution in [3.05, 3.63) is 23.5 Å². The molecule has 1 aliphatic heterocycles. The standard InChI is InChI=1S/C16H22N6O4/c1-3-22-6-4-5-11(22)9-17-15(24)16-19-13(21-26-16)8-14(23)18-12-7-10(2)25-20-12/h7,11H,3-6,8-9H2,1-2H3,(H,17,24)(H,18,20,23). The molecule has 26 heavy (non-hydrogen) atoms. The molecule has 0 bridgehead atoms. The molecule has 0 aromatic carbocycles. The predicted molar refractivity (Wildman–Crippen MR) is 90.5 cm³/mol. The topological polar surface area (TPSA) is 126 Å². The Morgan fingerprint density at radius 3 is 2.92 bits per heavy atom. The Bertz CT molecular complexity index is 770. The SMILES string of the molecule is CCN1CCCC1CNC(=O)c1nc(CC(=O)Nc2cc(C)on2)no1. The van der Waals surface area contributed by atoms with Gasteiger partial charge < -0.3 is 19.7 Å². The Labute approximate surface area is 150 Å². The molecule has 2 amide bonds. The van der Waals surface area contributed by atoms with Crippen molar-refractivity contribution < 1.29 is 18.6 Å². The monoisotopic (exact) mass is 362 g/mol. The summed E-state index contributed by atoms with van der Waals surface area (Å²) < 4.78 is 9.81.